The van der Waals surface area contributed by atoms with E-state index in [2.05, 4.69) is 32.9 Å². The van der Waals surface area contributed by atoms with E-state index in [1.807, 2.05) is 0 Å². The highest BCUT2D eigenvalue weighted by Crippen LogP contribution is 2.12. The van der Waals surface area contributed by atoms with Gasteiger partial charge in [-0.15, -0.1) is 0 Å². The van der Waals surface area contributed by atoms with Crippen LogP contribution in [0.15, 0.2) is 12.2 Å². The Morgan fingerprint density at radius 3 is 1.57 bits per heavy atom. The lowest BCUT2D eigenvalue weighted by molar-refractivity contribution is 0.552. The second-order valence-electron chi connectivity index (χ2n) is 6.83. The van der Waals surface area contributed by atoms with Crippen LogP contribution >= 0.6 is 0 Å². The van der Waals surface area contributed by atoms with E-state index in [0.717, 1.165) is 0 Å². The zero-order chi connectivity index (χ0) is 15.6. The molecule has 0 rings (SSSR count). The Labute approximate surface area is 135 Å². The molecule has 0 amide bonds. The van der Waals surface area contributed by atoms with Crippen LogP contribution < -0.4 is 0 Å². The third-order valence-electron chi connectivity index (χ3n) is 4.21. The van der Waals surface area contributed by atoms with Crippen molar-refractivity contribution in [2.24, 2.45) is 5.92 Å². The zero-order valence-corrected chi connectivity index (χ0v) is 15.0. The van der Waals surface area contributed by atoms with Gasteiger partial charge < -0.3 is 0 Å². The van der Waals surface area contributed by atoms with Crippen molar-refractivity contribution in [3.8, 4) is 0 Å². The fourth-order valence-corrected chi connectivity index (χ4v) is 2.74. The maximum absolute atomic E-state index is 4.03. The summed E-state index contributed by atoms with van der Waals surface area (Å²) in [5, 5.41) is 0. The normalized spacial score (nSPS) is 11.8. The first-order chi connectivity index (χ1) is 10.3. The van der Waals surface area contributed by atoms with Gasteiger partial charge in [-0.25, -0.2) is 0 Å². The Hall–Kier alpha value is -0.260. The van der Waals surface area contributed by atoms with E-state index in [4.69, 9.17) is 0 Å². The minimum absolute atomic E-state index is 0.636. The Bertz CT molecular complexity index is 202. The summed E-state index contributed by atoms with van der Waals surface area (Å²) in [5.41, 5.74) is 0. The number of rotatable bonds is 16. The summed E-state index contributed by atoms with van der Waals surface area (Å²) in [5.74, 6) is 0.636. The van der Waals surface area contributed by atoms with E-state index in [-0.39, 0.29) is 0 Å². The Morgan fingerprint density at radius 2 is 1.10 bits per heavy atom. The van der Waals surface area contributed by atoms with E-state index < -0.39 is 0 Å². The van der Waals surface area contributed by atoms with Crippen LogP contribution in [-0.2, 0) is 0 Å². The summed E-state index contributed by atoms with van der Waals surface area (Å²) in [7, 11) is 0. The summed E-state index contributed by atoms with van der Waals surface area (Å²) in [6.45, 7) is 8.54. The quantitative estimate of drug-likeness (QED) is 0.200. The molecule has 0 saturated carbocycles. The average molecular weight is 294 g/mol. The van der Waals surface area contributed by atoms with Crippen LogP contribution in [0.3, 0.4) is 0 Å². The van der Waals surface area contributed by atoms with E-state index in [9.17, 15) is 0 Å². The molecule has 1 unspecified atom stereocenters. The molecule has 0 aliphatic heterocycles. The minimum Gasteiger partial charge on any atom is -0.0885 e. The molecule has 0 N–H and O–H groups in total. The molecule has 0 saturated heterocycles. The molecular formula is C21H41. The Morgan fingerprint density at radius 1 is 0.667 bits per heavy atom. The lowest BCUT2D eigenvalue weighted by Crippen LogP contribution is -1.87. The predicted octanol–water partition coefficient (Wildman–Crippen LogP) is 7.88. The van der Waals surface area contributed by atoms with Crippen LogP contribution in [-0.4, -0.2) is 0 Å². The monoisotopic (exact) mass is 293 g/mol. The number of unbranched alkanes of at least 4 members (excludes halogenated alkanes) is 12. The predicted molar refractivity (Wildman–Crippen MR) is 98.6 cm³/mol. The zero-order valence-electron chi connectivity index (χ0n) is 15.0. The largest absolute Gasteiger partial charge is 0.0885 e. The van der Waals surface area contributed by atoms with Gasteiger partial charge in [0.2, 0.25) is 0 Å². The van der Waals surface area contributed by atoms with Gasteiger partial charge in [0.1, 0.15) is 0 Å². The molecule has 0 fully saturated rings. The molecular weight excluding hydrogens is 252 g/mol. The van der Waals surface area contributed by atoms with Crippen molar-refractivity contribution in [2.75, 3.05) is 0 Å². The maximum atomic E-state index is 4.03. The smallest absolute Gasteiger partial charge is 0.0351 e. The fourth-order valence-electron chi connectivity index (χ4n) is 2.74. The molecule has 125 valence electrons. The number of hydrogen-bond donors (Lipinski definition) is 0. The van der Waals surface area contributed by atoms with Gasteiger partial charge in [0, 0.05) is 0 Å². The molecule has 0 aliphatic rings. The summed E-state index contributed by atoms with van der Waals surface area (Å²) in [6.07, 6.45) is 25.7. The van der Waals surface area contributed by atoms with Crippen molar-refractivity contribution in [1.29, 1.82) is 0 Å². The van der Waals surface area contributed by atoms with Gasteiger partial charge in [0.05, 0.1) is 0 Å². The van der Waals surface area contributed by atoms with Crippen molar-refractivity contribution in [3.05, 3.63) is 19.1 Å². The first-order valence-corrected chi connectivity index (χ1v) is 9.75. The van der Waals surface area contributed by atoms with Gasteiger partial charge in [-0.05, 0) is 31.6 Å². The van der Waals surface area contributed by atoms with Crippen molar-refractivity contribution in [3.63, 3.8) is 0 Å². The van der Waals surface area contributed by atoms with Gasteiger partial charge >= 0.3 is 0 Å². The Balaban J connectivity index is 3.05. The second-order valence-corrected chi connectivity index (χ2v) is 6.83. The standard InChI is InChI=1S/C21H41/c1-4-5-6-7-8-9-10-11-12-13-14-15-16-17-18-19-20-21(2)3/h13-14,21H,2,4-12,15-20H2,1,3H3/b14-13-. The van der Waals surface area contributed by atoms with E-state index in [1.165, 1.54) is 96.3 Å². The maximum Gasteiger partial charge on any atom is -0.0351 e. The molecule has 0 aromatic carbocycles. The van der Waals surface area contributed by atoms with Crippen molar-refractivity contribution in [2.45, 2.75) is 110 Å². The summed E-state index contributed by atoms with van der Waals surface area (Å²) in [4.78, 5) is 0. The van der Waals surface area contributed by atoms with Crippen molar-refractivity contribution in [1.82, 2.24) is 0 Å². The molecule has 0 aliphatic carbocycles. The molecule has 0 heteroatoms. The summed E-state index contributed by atoms with van der Waals surface area (Å²) in [6, 6.07) is 0. The van der Waals surface area contributed by atoms with Crippen LogP contribution in [0.4, 0.5) is 0 Å². The van der Waals surface area contributed by atoms with E-state index in [0.29, 0.717) is 5.92 Å². The van der Waals surface area contributed by atoms with Gasteiger partial charge in [-0.2, -0.15) is 0 Å². The van der Waals surface area contributed by atoms with Crippen LogP contribution in [0.5, 0.6) is 0 Å². The van der Waals surface area contributed by atoms with Crippen molar-refractivity contribution < 1.29 is 0 Å². The van der Waals surface area contributed by atoms with Gasteiger partial charge in [-0.1, -0.05) is 104 Å². The minimum atomic E-state index is 0.636. The molecule has 21 heavy (non-hydrogen) atoms. The van der Waals surface area contributed by atoms with Crippen LogP contribution in [0.2, 0.25) is 0 Å². The van der Waals surface area contributed by atoms with Crippen LogP contribution in [0.25, 0.3) is 0 Å². The van der Waals surface area contributed by atoms with Gasteiger partial charge in [0.15, 0.2) is 0 Å². The topological polar surface area (TPSA) is 0 Å². The summed E-state index contributed by atoms with van der Waals surface area (Å²) >= 11 is 0. The fraction of sp³-hybridized carbons (Fsp3) is 0.857. The molecule has 1 radical (unpaired) electrons. The lowest BCUT2D eigenvalue weighted by Gasteiger charge is -2.03. The molecule has 0 aromatic rings. The highest BCUT2D eigenvalue weighted by molar-refractivity contribution is 4.81. The highest BCUT2D eigenvalue weighted by atomic mass is 14.0. The van der Waals surface area contributed by atoms with Crippen LogP contribution in [0, 0.1) is 12.8 Å². The lowest BCUT2D eigenvalue weighted by atomic mass is 10.0. The molecule has 0 heterocycles. The third kappa shape index (κ3) is 19.7. The molecule has 1 atom stereocenters. The average Bonchev–Trinajstić information content (AvgIpc) is 2.46. The van der Waals surface area contributed by atoms with Gasteiger partial charge in [-0.3, -0.25) is 0 Å². The first kappa shape index (κ1) is 20.7. The van der Waals surface area contributed by atoms with Crippen LogP contribution in [0.1, 0.15) is 110 Å². The van der Waals surface area contributed by atoms with E-state index in [1.54, 1.807) is 0 Å². The molecule has 0 nitrogen and oxygen atoms in total. The molecule has 0 spiro atoms. The van der Waals surface area contributed by atoms with Crippen molar-refractivity contribution >= 4 is 0 Å². The highest BCUT2D eigenvalue weighted by Gasteiger charge is 1.94. The first-order valence-electron chi connectivity index (χ1n) is 9.75. The van der Waals surface area contributed by atoms with Gasteiger partial charge in [0.25, 0.3) is 0 Å². The Kier molecular flexibility index (Phi) is 17.6. The molecule has 0 aromatic heterocycles. The third-order valence-corrected chi connectivity index (χ3v) is 4.21. The number of hydrogen-bond acceptors (Lipinski definition) is 0. The molecule has 0 bridgehead atoms. The number of allylic oxidation sites excluding steroid dienone is 2. The van der Waals surface area contributed by atoms with E-state index >= 15 is 0 Å². The SMILES string of the molecule is [CH2]C(C)CCCCCC/C=C\CCCCCCCCCC. The summed E-state index contributed by atoms with van der Waals surface area (Å²) < 4.78 is 0. The second kappa shape index (κ2) is 17.8.